The Bertz CT molecular complexity index is 691. The van der Waals surface area contributed by atoms with E-state index in [2.05, 4.69) is 15.4 Å². The van der Waals surface area contributed by atoms with Gasteiger partial charge in [0.1, 0.15) is 6.04 Å². The van der Waals surface area contributed by atoms with E-state index in [0.29, 0.717) is 0 Å². The molecule has 0 radical (unpaired) electrons. The first-order chi connectivity index (χ1) is 9.69. The molecule has 0 aromatic heterocycles. The van der Waals surface area contributed by atoms with Gasteiger partial charge in [-0.3, -0.25) is 9.59 Å². The Morgan fingerprint density at radius 2 is 1.90 bits per heavy atom. The van der Waals surface area contributed by atoms with Gasteiger partial charge < -0.3 is 15.4 Å². The van der Waals surface area contributed by atoms with Crippen molar-refractivity contribution in [3.63, 3.8) is 0 Å². The van der Waals surface area contributed by atoms with E-state index in [1.54, 1.807) is 0 Å². The largest absolute Gasteiger partial charge is 0.469 e. The van der Waals surface area contributed by atoms with Crippen LogP contribution in [-0.2, 0) is 14.3 Å². The second-order valence-corrected chi connectivity index (χ2v) is 4.68. The molecule has 5 nitrogen and oxygen atoms in total. The zero-order valence-corrected chi connectivity index (χ0v) is 11.0. The normalized spacial score (nSPS) is 17.1. The molecule has 1 aliphatic heterocycles. The van der Waals surface area contributed by atoms with Crippen molar-refractivity contribution >= 4 is 34.0 Å². The van der Waals surface area contributed by atoms with Crippen LogP contribution < -0.4 is 10.6 Å². The maximum atomic E-state index is 12.2. The van der Waals surface area contributed by atoms with E-state index in [-0.39, 0.29) is 12.3 Å². The van der Waals surface area contributed by atoms with Gasteiger partial charge in [0.05, 0.1) is 19.2 Å². The van der Waals surface area contributed by atoms with Crippen LogP contribution in [0.15, 0.2) is 36.4 Å². The van der Waals surface area contributed by atoms with Crippen LogP contribution in [0.5, 0.6) is 0 Å². The van der Waals surface area contributed by atoms with E-state index in [4.69, 9.17) is 0 Å². The average Bonchev–Trinajstić information content (AvgIpc) is 2.58. The molecule has 0 saturated heterocycles. The van der Waals surface area contributed by atoms with Crippen molar-refractivity contribution in [3.05, 3.63) is 36.4 Å². The second-order valence-electron chi connectivity index (χ2n) is 4.68. The van der Waals surface area contributed by atoms with Gasteiger partial charge in [0, 0.05) is 11.1 Å². The molecule has 0 fully saturated rings. The topological polar surface area (TPSA) is 67.4 Å². The van der Waals surface area contributed by atoms with Crippen LogP contribution in [0.25, 0.3) is 10.8 Å². The first-order valence-electron chi connectivity index (χ1n) is 6.35. The lowest BCUT2D eigenvalue weighted by Gasteiger charge is -2.15. The highest BCUT2D eigenvalue weighted by molar-refractivity contribution is 6.12. The summed E-state index contributed by atoms with van der Waals surface area (Å²) in [6.07, 6.45) is -0.00723. The predicted molar refractivity (Wildman–Crippen MR) is 76.6 cm³/mol. The molecule has 2 aromatic carbocycles. The summed E-state index contributed by atoms with van der Waals surface area (Å²) in [5.41, 5.74) is 1.59. The van der Waals surface area contributed by atoms with E-state index in [9.17, 15) is 9.59 Å². The lowest BCUT2D eigenvalue weighted by molar-refractivity contribution is -0.142. The molecular weight excluding hydrogens is 256 g/mol. The molecule has 102 valence electrons. The zero-order valence-electron chi connectivity index (χ0n) is 11.0. The summed E-state index contributed by atoms with van der Waals surface area (Å²) in [5.74, 6) is -0.658. The number of esters is 1. The Kier molecular flexibility index (Phi) is 3.02. The fourth-order valence-corrected chi connectivity index (χ4v) is 2.43. The minimum absolute atomic E-state index is 0.00723. The van der Waals surface area contributed by atoms with E-state index >= 15 is 0 Å². The molecule has 1 amide bonds. The summed E-state index contributed by atoms with van der Waals surface area (Å²) in [6, 6.07) is 10.9. The number of anilines is 2. The molecule has 2 aromatic rings. The molecule has 1 aliphatic rings. The Balaban J connectivity index is 2.05. The van der Waals surface area contributed by atoms with Crippen molar-refractivity contribution in [1.82, 2.24) is 0 Å². The predicted octanol–water partition coefficient (Wildman–Crippen LogP) is 2.14. The number of rotatable bonds is 2. The summed E-state index contributed by atoms with van der Waals surface area (Å²) >= 11 is 0. The van der Waals surface area contributed by atoms with E-state index in [1.165, 1.54) is 7.11 Å². The fourth-order valence-electron chi connectivity index (χ4n) is 2.43. The summed E-state index contributed by atoms with van der Waals surface area (Å²) in [7, 11) is 1.31. The Hall–Kier alpha value is -2.56. The number of ether oxygens (including phenoxy) is 1. The molecule has 1 heterocycles. The average molecular weight is 270 g/mol. The number of hydrogen-bond donors (Lipinski definition) is 2. The molecule has 20 heavy (non-hydrogen) atoms. The molecular formula is C15H14N2O3. The highest BCUT2D eigenvalue weighted by Crippen LogP contribution is 2.33. The molecule has 5 heteroatoms. The Labute approximate surface area is 115 Å². The van der Waals surface area contributed by atoms with Gasteiger partial charge >= 0.3 is 5.97 Å². The second kappa shape index (κ2) is 4.85. The fraction of sp³-hybridized carbons (Fsp3) is 0.200. The lowest BCUT2D eigenvalue weighted by atomic mass is 10.1. The molecule has 3 rings (SSSR count). The number of hydrogen-bond acceptors (Lipinski definition) is 4. The number of methoxy groups -OCH3 is 1. The highest BCUT2D eigenvalue weighted by Gasteiger charge is 2.26. The van der Waals surface area contributed by atoms with Gasteiger partial charge in [0.15, 0.2) is 0 Å². The van der Waals surface area contributed by atoms with E-state index in [1.807, 2.05) is 36.4 Å². The van der Waals surface area contributed by atoms with Crippen molar-refractivity contribution in [1.29, 1.82) is 0 Å². The highest BCUT2D eigenvalue weighted by atomic mass is 16.5. The van der Waals surface area contributed by atoms with Crippen LogP contribution in [0.3, 0.4) is 0 Å². The van der Waals surface area contributed by atoms with Crippen molar-refractivity contribution in [2.24, 2.45) is 0 Å². The smallest absolute Gasteiger partial charge is 0.308 e. The van der Waals surface area contributed by atoms with Gasteiger partial charge in [-0.05, 0) is 17.5 Å². The first-order valence-corrected chi connectivity index (χ1v) is 6.35. The number of benzene rings is 2. The standard InChI is InChI=1S/C15H14N2O3/c1-20-13(18)8-12-15(19)17-11-7-3-5-9-4-2-6-10(16-12)14(9)11/h2-7,12,16H,8H2,1H3,(H,17,19)/t12-/m1/s1. The van der Waals surface area contributed by atoms with Crippen molar-refractivity contribution < 1.29 is 14.3 Å². The molecule has 1 atom stereocenters. The minimum Gasteiger partial charge on any atom is -0.469 e. The summed E-state index contributed by atoms with van der Waals surface area (Å²) < 4.78 is 4.63. The molecule has 0 unspecified atom stereocenters. The number of carbonyl (C=O) groups excluding carboxylic acids is 2. The SMILES string of the molecule is COC(=O)C[C@H]1Nc2cccc3cccc(c23)NC1=O. The van der Waals surface area contributed by atoms with Crippen LogP contribution in [0, 0.1) is 0 Å². The van der Waals surface area contributed by atoms with Gasteiger partial charge in [-0.15, -0.1) is 0 Å². The van der Waals surface area contributed by atoms with E-state index < -0.39 is 12.0 Å². The monoisotopic (exact) mass is 270 g/mol. The van der Waals surface area contributed by atoms with Crippen LogP contribution in [0.2, 0.25) is 0 Å². The van der Waals surface area contributed by atoms with Crippen LogP contribution in [0.1, 0.15) is 6.42 Å². The molecule has 0 aliphatic carbocycles. The minimum atomic E-state index is -0.638. The van der Waals surface area contributed by atoms with Crippen molar-refractivity contribution in [2.75, 3.05) is 17.7 Å². The van der Waals surface area contributed by atoms with Gasteiger partial charge in [0.2, 0.25) is 5.91 Å². The first kappa shape index (κ1) is 12.5. The number of amides is 1. The molecule has 2 N–H and O–H groups in total. The van der Waals surface area contributed by atoms with Gasteiger partial charge in [-0.1, -0.05) is 24.3 Å². The third-order valence-electron chi connectivity index (χ3n) is 3.41. The van der Waals surface area contributed by atoms with Crippen LogP contribution in [0.4, 0.5) is 11.4 Å². The van der Waals surface area contributed by atoms with Crippen molar-refractivity contribution in [3.8, 4) is 0 Å². The molecule has 0 spiro atoms. The molecule has 0 saturated carbocycles. The quantitative estimate of drug-likeness (QED) is 0.820. The number of carbonyl (C=O) groups is 2. The van der Waals surface area contributed by atoms with E-state index in [0.717, 1.165) is 22.1 Å². The van der Waals surface area contributed by atoms with Gasteiger partial charge in [-0.25, -0.2) is 0 Å². The Morgan fingerprint density at radius 3 is 2.60 bits per heavy atom. The third-order valence-corrected chi connectivity index (χ3v) is 3.41. The number of nitrogens with one attached hydrogen (secondary N) is 2. The third kappa shape index (κ3) is 2.07. The van der Waals surface area contributed by atoms with Crippen LogP contribution >= 0.6 is 0 Å². The maximum absolute atomic E-state index is 12.2. The summed E-state index contributed by atoms with van der Waals surface area (Å²) in [4.78, 5) is 23.6. The maximum Gasteiger partial charge on any atom is 0.308 e. The summed E-state index contributed by atoms with van der Waals surface area (Å²) in [5, 5.41) is 7.97. The Morgan fingerprint density at radius 1 is 1.20 bits per heavy atom. The molecule has 0 bridgehead atoms. The zero-order chi connectivity index (χ0) is 14.1. The van der Waals surface area contributed by atoms with Gasteiger partial charge in [0.25, 0.3) is 0 Å². The van der Waals surface area contributed by atoms with Crippen LogP contribution in [-0.4, -0.2) is 25.0 Å². The van der Waals surface area contributed by atoms with Crippen molar-refractivity contribution in [2.45, 2.75) is 12.5 Å². The summed E-state index contributed by atoms with van der Waals surface area (Å²) in [6.45, 7) is 0. The van der Waals surface area contributed by atoms with Gasteiger partial charge in [-0.2, -0.15) is 0 Å². The lowest BCUT2D eigenvalue weighted by Crippen LogP contribution is -2.35.